The molecule has 2 N–H and O–H groups in total. The molecule has 0 aliphatic carbocycles. The molecule has 0 aromatic carbocycles. The van der Waals surface area contributed by atoms with Crippen molar-refractivity contribution < 1.29 is 32.9 Å². The van der Waals surface area contributed by atoms with Crippen LogP contribution in [-0.4, -0.2) is 68.5 Å². The van der Waals surface area contributed by atoms with E-state index >= 15 is 0 Å². The highest BCUT2D eigenvalue weighted by atomic mass is 31.2. The smallest absolute Gasteiger partial charge is 0.268 e. The van der Waals surface area contributed by atoms with E-state index in [1.807, 2.05) is 21.1 Å². The van der Waals surface area contributed by atoms with Gasteiger partial charge in [-0.3, -0.25) is 9.36 Å². The molecule has 0 aliphatic rings. The fraction of sp³-hybridized carbons (Fsp3) is 0.638. The van der Waals surface area contributed by atoms with Gasteiger partial charge in [0.2, 0.25) is 5.91 Å². The predicted octanol–water partition coefficient (Wildman–Crippen LogP) is 11.3. The minimum Gasteiger partial charge on any atom is -0.756 e. The number of hydrogen-bond acceptors (Lipinski definition) is 6. The van der Waals surface area contributed by atoms with Crippen LogP contribution in [0.3, 0.4) is 0 Å². The third-order valence-corrected chi connectivity index (χ3v) is 9.80. The van der Waals surface area contributed by atoms with Crippen molar-refractivity contribution in [1.29, 1.82) is 0 Å². The molecule has 1 amide bonds. The molecule has 0 rings (SSSR count). The Bertz CT molecular complexity index is 1230. The first kappa shape index (κ1) is 53.4. The molecule has 3 atom stereocenters. The molecule has 320 valence electrons. The molecule has 0 spiro atoms. The van der Waals surface area contributed by atoms with Gasteiger partial charge >= 0.3 is 0 Å². The molecular weight excluding hydrogens is 719 g/mol. The van der Waals surface area contributed by atoms with Crippen LogP contribution in [0, 0.1) is 0 Å². The Morgan fingerprint density at radius 3 is 1.57 bits per heavy atom. The topological polar surface area (TPSA) is 108 Å². The Morgan fingerprint density at radius 1 is 0.643 bits per heavy atom. The van der Waals surface area contributed by atoms with Crippen LogP contribution in [0.4, 0.5) is 0 Å². The van der Waals surface area contributed by atoms with Crippen LogP contribution in [0.15, 0.2) is 97.2 Å². The van der Waals surface area contributed by atoms with Gasteiger partial charge in [-0.15, -0.1) is 0 Å². The number of quaternary nitrogens is 1. The van der Waals surface area contributed by atoms with E-state index in [0.29, 0.717) is 23.9 Å². The van der Waals surface area contributed by atoms with E-state index in [1.54, 1.807) is 0 Å². The quantitative estimate of drug-likeness (QED) is 0.0280. The van der Waals surface area contributed by atoms with Crippen LogP contribution in [0.5, 0.6) is 0 Å². The van der Waals surface area contributed by atoms with Gasteiger partial charge in [-0.25, -0.2) is 0 Å². The molecule has 0 aromatic rings. The minimum atomic E-state index is -4.56. The summed E-state index contributed by atoms with van der Waals surface area (Å²) in [6, 6.07) is -0.817. The van der Waals surface area contributed by atoms with Crippen molar-refractivity contribution in [3.8, 4) is 0 Å². The number of likely N-dealkylation sites (N-methyl/N-ethyl adjacent to an activating group) is 1. The third kappa shape index (κ3) is 39.6. The van der Waals surface area contributed by atoms with Crippen molar-refractivity contribution in [3.05, 3.63) is 97.2 Å². The zero-order valence-corrected chi connectivity index (χ0v) is 36.9. The number of phosphoric ester groups is 1. The van der Waals surface area contributed by atoms with Gasteiger partial charge in [0.25, 0.3) is 7.82 Å². The highest BCUT2D eigenvalue weighted by Crippen LogP contribution is 2.38. The molecule has 3 unspecified atom stereocenters. The van der Waals surface area contributed by atoms with Gasteiger partial charge in [0.05, 0.1) is 39.9 Å². The summed E-state index contributed by atoms with van der Waals surface area (Å²) in [6.07, 6.45) is 53.2. The van der Waals surface area contributed by atoms with Crippen molar-refractivity contribution in [2.24, 2.45) is 0 Å². The van der Waals surface area contributed by atoms with Crippen LogP contribution >= 0.6 is 7.82 Å². The lowest BCUT2D eigenvalue weighted by molar-refractivity contribution is -0.870. The van der Waals surface area contributed by atoms with Crippen LogP contribution in [0.25, 0.3) is 0 Å². The van der Waals surface area contributed by atoms with Gasteiger partial charge < -0.3 is 28.8 Å². The number of aliphatic hydroxyl groups is 1. The first-order valence-electron chi connectivity index (χ1n) is 21.6. The van der Waals surface area contributed by atoms with Gasteiger partial charge in [0.1, 0.15) is 13.2 Å². The van der Waals surface area contributed by atoms with Crippen molar-refractivity contribution in [2.45, 2.75) is 154 Å². The number of carbonyl (C=O) groups excluding carboxylic acids is 1. The Morgan fingerprint density at radius 2 is 1.09 bits per heavy atom. The molecule has 0 saturated heterocycles. The van der Waals surface area contributed by atoms with Crippen LogP contribution in [0.2, 0.25) is 0 Å². The van der Waals surface area contributed by atoms with Gasteiger partial charge in [0, 0.05) is 6.42 Å². The fourth-order valence-electron chi connectivity index (χ4n) is 5.40. The first-order valence-corrected chi connectivity index (χ1v) is 23.0. The van der Waals surface area contributed by atoms with Crippen molar-refractivity contribution >= 4 is 13.7 Å². The third-order valence-electron chi connectivity index (χ3n) is 8.84. The van der Waals surface area contributed by atoms with E-state index in [-0.39, 0.29) is 19.1 Å². The molecule has 0 radical (unpaired) electrons. The van der Waals surface area contributed by atoms with Crippen LogP contribution in [-0.2, 0) is 18.4 Å². The highest BCUT2D eigenvalue weighted by molar-refractivity contribution is 7.45. The van der Waals surface area contributed by atoms with E-state index in [2.05, 4.69) is 116 Å². The summed E-state index contributed by atoms with van der Waals surface area (Å²) in [7, 11) is 1.26. The molecule has 56 heavy (non-hydrogen) atoms. The minimum absolute atomic E-state index is 0.000145. The highest BCUT2D eigenvalue weighted by Gasteiger charge is 2.24. The molecule has 0 saturated carbocycles. The SMILES string of the molecule is CC/C=C\C/C=C\C/C=C\C/C=C\C/C=C\C/C=C\C/C=C\C/C=C\CCCCCCC(=O)NC(COP(=O)([O-])OCC[N+](C)(C)C)C(O)CCCCCCC. The number of phosphoric acid groups is 1. The number of amides is 1. The zero-order valence-electron chi connectivity index (χ0n) is 36.0. The number of unbranched alkanes of at least 4 members (excludes halogenated alkanes) is 8. The summed E-state index contributed by atoms with van der Waals surface area (Å²) < 4.78 is 23.0. The molecule has 0 fully saturated rings. The standard InChI is InChI=1S/C47H81N2O6P/c1-6-8-10-12-13-14-15-16-17-18-19-20-21-22-23-24-25-26-27-28-29-30-31-32-33-34-35-37-39-41-47(51)48-45(46(50)40-38-36-11-9-7-2)44-55-56(52,53)54-43-42-49(3,4)5/h8,10,13-14,16-17,19-20,22-23,25-26,28-29,31-32,45-46,50H,6-7,9,11-12,15,18,21,24,27,30,33-44H2,1-5H3,(H-,48,51,52,53)/b10-8-,14-13-,17-16-,20-19-,23-22-,26-25-,29-28-,32-31-. The monoisotopic (exact) mass is 801 g/mol. The average Bonchev–Trinajstić information content (AvgIpc) is 3.15. The number of rotatable bonds is 37. The second-order valence-corrected chi connectivity index (χ2v) is 16.7. The van der Waals surface area contributed by atoms with Crippen LogP contribution < -0.4 is 10.2 Å². The van der Waals surface area contributed by atoms with Gasteiger partial charge in [0.15, 0.2) is 0 Å². The second kappa shape index (κ2) is 38.0. The summed E-state index contributed by atoms with van der Waals surface area (Å²) in [4.78, 5) is 25.1. The Kier molecular flexibility index (Phi) is 36.2. The number of nitrogens with one attached hydrogen (secondary N) is 1. The summed E-state index contributed by atoms with van der Waals surface area (Å²) in [5, 5.41) is 13.7. The predicted molar refractivity (Wildman–Crippen MR) is 237 cm³/mol. The largest absolute Gasteiger partial charge is 0.756 e. The Hall–Kier alpha value is -2.58. The van der Waals surface area contributed by atoms with Gasteiger partial charge in [-0.05, 0) is 77.0 Å². The summed E-state index contributed by atoms with van der Waals surface area (Å²) in [5.41, 5.74) is 0. The molecule has 0 aliphatic heterocycles. The maximum Gasteiger partial charge on any atom is 0.268 e. The molecule has 8 nitrogen and oxygen atoms in total. The lowest BCUT2D eigenvalue weighted by atomic mass is 10.0. The lowest BCUT2D eigenvalue weighted by Gasteiger charge is -2.30. The second-order valence-electron chi connectivity index (χ2n) is 15.3. The number of hydrogen-bond donors (Lipinski definition) is 2. The fourth-order valence-corrected chi connectivity index (χ4v) is 6.13. The van der Waals surface area contributed by atoms with Crippen molar-refractivity contribution in [3.63, 3.8) is 0 Å². The maximum atomic E-state index is 12.7. The Labute approximate surface area is 343 Å². The van der Waals surface area contributed by atoms with Gasteiger partial charge in [-0.1, -0.05) is 156 Å². The first-order chi connectivity index (χ1) is 27.0. The summed E-state index contributed by atoms with van der Waals surface area (Å²) in [6.45, 7) is 4.45. The molecule has 0 aromatic heterocycles. The number of aliphatic hydroxyl groups excluding tert-OH is 1. The summed E-state index contributed by atoms with van der Waals surface area (Å²) >= 11 is 0. The average molecular weight is 801 g/mol. The van der Waals surface area contributed by atoms with E-state index in [1.165, 1.54) is 0 Å². The maximum absolute atomic E-state index is 12.7. The molecule has 0 bridgehead atoms. The number of allylic oxidation sites excluding steroid dienone is 16. The zero-order chi connectivity index (χ0) is 41.4. The molecule has 0 heterocycles. The van der Waals surface area contributed by atoms with Gasteiger partial charge in [-0.2, -0.15) is 0 Å². The molecule has 9 heteroatoms. The Balaban J connectivity index is 4.16. The van der Waals surface area contributed by atoms with Crippen LogP contribution in [0.1, 0.15) is 142 Å². The van der Waals surface area contributed by atoms with Crippen molar-refractivity contribution in [1.82, 2.24) is 5.32 Å². The van der Waals surface area contributed by atoms with E-state index < -0.39 is 20.0 Å². The number of carbonyl (C=O) groups is 1. The normalized spacial score (nSPS) is 15.3. The summed E-state index contributed by atoms with van der Waals surface area (Å²) in [5.74, 6) is -0.203. The lowest BCUT2D eigenvalue weighted by Crippen LogP contribution is -2.46. The molecular formula is C47H81N2O6P. The van der Waals surface area contributed by atoms with E-state index in [9.17, 15) is 19.4 Å². The number of nitrogens with zero attached hydrogens (tertiary/aromatic N) is 1. The van der Waals surface area contributed by atoms with Crippen molar-refractivity contribution in [2.75, 3.05) is 40.9 Å². The van der Waals surface area contributed by atoms with E-state index in [4.69, 9.17) is 9.05 Å². The van der Waals surface area contributed by atoms with E-state index in [0.717, 1.165) is 116 Å².